The van der Waals surface area contributed by atoms with Gasteiger partial charge in [0.25, 0.3) is 5.56 Å². The highest BCUT2D eigenvalue weighted by atomic mass is 16.5. The van der Waals surface area contributed by atoms with Crippen molar-refractivity contribution >= 4 is 5.91 Å². The van der Waals surface area contributed by atoms with Gasteiger partial charge in [0.05, 0.1) is 12.7 Å². The van der Waals surface area contributed by atoms with Gasteiger partial charge in [-0.25, -0.2) is 4.79 Å². The molecule has 0 bridgehead atoms. The molecule has 7 heteroatoms. The zero-order valence-corrected chi connectivity index (χ0v) is 12.8. The molecule has 122 valence electrons. The SMILES string of the molecule is CC1CCCCC1OCCNC(=O)Cn1ccc(=O)[nH]c1=O. The molecule has 0 spiro atoms. The zero-order chi connectivity index (χ0) is 15.9. The van der Waals surface area contributed by atoms with Crippen LogP contribution >= 0.6 is 0 Å². The lowest BCUT2D eigenvalue weighted by Gasteiger charge is -2.28. The lowest BCUT2D eigenvalue weighted by Crippen LogP contribution is -2.37. The molecule has 0 aromatic carbocycles. The molecule has 0 saturated heterocycles. The van der Waals surface area contributed by atoms with E-state index in [1.165, 1.54) is 31.5 Å². The summed E-state index contributed by atoms with van der Waals surface area (Å²) >= 11 is 0. The fraction of sp³-hybridized carbons (Fsp3) is 0.667. The van der Waals surface area contributed by atoms with Gasteiger partial charge in [-0.3, -0.25) is 19.1 Å². The average molecular weight is 309 g/mol. The van der Waals surface area contributed by atoms with Crippen molar-refractivity contribution in [1.82, 2.24) is 14.9 Å². The Hall–Kier alpha value is -1.89. The van der Waals surface area contributed by atoms with Gasteiger partial charge in [-0.1, -0.05) is 19.8 Å². The summed E-state index contributed by atoms with van der Waals surface area (Å²) in [6.07, 6.45) is 6.35. The number of ether oxygens (including phenoxy) is 1. The molecule has 2 N–H and O–H groups in total. The summed E-state index contributed by atoms with van der Waals surface area (Å²) < 4.78 is 6.96. The van der Waals surface area contributed by atoms with Gasteiger partial charge in [-0.15, -0.1) is 0 Å². The number of hydrogen-bond acceptors (Lipinski definition) is 4. The Morgan fingerprint density at radius 3 is 2.91 bits per heavy atom. The minimum atomic E-state index is -0.588. The molecule has 7 nitrogen and oxygen atoms in total. The van der Waals surface area contributed by atoms with E-state index in [0.29, 0.717) is 19.1 Å². The highest BCUT2D eigenvalue weighted by molar-refractivity contribution is 5.75. The van der Waals surface area contributed by atoms with E-state index in [0.717, 1.165) is 11.0 Å². The Morgan fingerprint density at radius 1 is 1.41 bits per heavy atom. The van der Waals surface area contributed by atoms with Crippen LogP contribution in [0.3, 0.4) is 0 Å². The Balaban J connectivity index is 1.69. The van der Waals surface area contributed by atoms with Crippen LogP contribution in [-0.2, 0) is 16.1 Å². The van der Waals surface area contributed by atoms with E-state index >= 15 is 0 Å². The second-order valence-electron chi connectivity index (χ2n) is 5.76. The van der Waals surface area contributed by atoms with Crippen LogP contribution < -0.4 is 16.6 Å². The van der Waals surface area contributed by atoms with Crippen LogP contribution in [-0.4, -0.2) is 34.7 Å². The van der Waals surface area contributed by atoms with Crippen LogP contribution in [0.4, 0.5) is 0 Å². The van der Waals surface area contributed by atoms with E-state index in [4.69, 9.17) is 4.74 Å². The third-order valence-corrected chi connectivity index (χ3v) is 4.00. The summed E-state index contributed by atoms with van der Waals surface area (Å²) in [6, 6.07) is 1.21. The molecule has 1 aromatic heterocycles. The van der Waals surface area contributed by atoms with Crippen molar-refractivity contribution in [3.8, 4) is 0 Å². The number of nitrogens with zero attached hydrogens (tertiary/aromatic N) is 1. The maximum atomic E-state index is 11.7. The number of carbonyl (C=O) groups excluding carboxylic acids is 1. The van der Waals surface area contributed by atoms with Gasteiger partial charge in [0.2, 0.25) is 5.91 Å². The first-order valence-electron chi connectivity index (χ1n) is 7.74. The number of nitrogens with one attached hydrogen (secondary N) is 2. The number of rotatable bonds is 6. The molecule has 22 heavy (non-hydrogen) atoms. The lowest BCUT2D eigenvalue weighted by molar-refractivity contribution is -0.122. The van der Waals surface area contributed by atoms with Crippen molar-refractivity contribution < 1.29 is 9.53 Å². The van der Waals surface area contributed by atoms with Crippen molar-refractivity contribution in [3.05, 3.63) is 33.1 Å². The molecule has 1 aliphatic carbocycles. The second-order valence-corrected chi connectivity index (χ2v) is 5.76. The van der Waals surface area contributed by atoms with Crippen molar-refractivity contribution in [1.29, 1.82) is 0 Å². The summed E-state index contributed by atoms with van der Waals surface area (Å²) in [5, 5.41) is 2.71. The van der Waals surface area contributed by atoms with Gasteiger partial charge in [0, 0.05) is 18.8 Å². The standard InChI is InChI=1S/C15H23N3O4/c1-11-4-2-3-5-12(11)22-9-7-16-14(20)10-18-8-6-13(19)17-15(18)21/h6,8,11-12H,2-5,7,9-10H2,1H3,(H,16,20)(H,17,19,21). The molecule has 1 fully saturated rings. The summed E-state index contributed by atoms with van der Waals surface area (Å²) in [7, 11) is 0. The van der Waals surface area contributed by atoms with Gasteiger partial charge in [-0.2, -0.15) is 0 Å². The third-order valence-electron chi connectivity index (χ3n) is 4.00. The van der Waals surface area contributed by atoms with Gasteiger partial charge >= 0.3 is 5.69 Å². The van der Waals surface area contributed by atoms with E-state index in [-0.39, 0.29) is 18.6 Å². The van der Waals surface area contributed by atoms with E-state index in [9.17, 15) is 14.4 Å². The lowest BCUT2D eigenvalue weighted by atomic mass is 9.88. The van der Waals surface area contributed by atoms with E-state index < -0.39 is 11.2 Å². The summed E-state index contributed by atoms with van der Waals surface area (Å²) in [5.74, 6) is 0.290. The Kier molecular flexibility index (Phi) is 5.94. The Bertz CT molecular complexity index is 607. The highest BCUT2D eigenvalue weighted by Gasteiger charge is 2.21. The largest absolute Gasteiger partial charge is 0.376 e. The van der Waals surface area contributed by atoms with Gasteiger partial charge < -0.3 is 10.1 Å². The number of hydrogen-bond donors (Lipinski definition) is 2. The van der Waals surface area contributed by atoms with Crippen LogP contribution in [0, 0.1) is 5.92 Å². The molecule has 1 heterocycles. The van der Waals surface area contributed by atoms with Crippen LogP contribution in [0.5, 0.6) is 0 Å². The maximum Gasteiger partial charge on any atom is 0.328 e. The van der Waals surface area contributed by atoms with Crippen LogP contribution in [0.25, 0.3) is 0 Å². The van der Waals surface area contributed by atoms with Crippen molar-refractivity contribution in [2.24, 2.45) is 5.92 Å². The molecular formula is C15H23N3O4. The van der Waals surface area contributed by atoms with Gasteiger partial charge in [0.15, 0.2) is 0 Å². The number of aromatic amines is 1. The molecule has 2 unspecified atom stereocenters. The smallest absolute Gasteiger partial charge is 0.328 e. The molecule has 1 amide bonds. The molecule has 2 rings (SSSR count). The van der Waals surface area contributed by atoms with Crippen LogP contribution in [0.1, 0.15) is 32.6 Å². The van der Waals surface area contributed by atoms with Gasteiger partial charge in [0.1, 0.15) is 6.54 Å². The van der Waals surface area contributed by atoms with Crippen molar-refractivity contribution in [2.75, 3.05) is 13.2 Å². The molecule has 1 aromatic rings. The first-order valence-corrected chi connectivity index (χ1v) is 7.74. The zero-order valence-electron chi connectivity index (χ0n) is 12.8. The number of carbonyl (C=O) groups is 1. The first kappa shape index (κ1) is 16.5. The average Bonchev–Trinajstić information content (AvgIpc) is 2.48. The van der Waals surface area contributed by atoms with Crippen LogP contribution in [0.15, 0.2) is 21.9 Å². The second kappa shape index (κ2) is 7.93. The Morgan fingerprint density at radius 2 is 2.18 bits per heavy atom. The summed E-state index contributed by atoms with van der Waals surface area (Å²) in [4.78, 5) is 36.2. The highest BCUT2D eigenvalue weighted by Crippen LogP contribution is 2.25. The van der Waals surface area contributed by atoms with Crippen LogP contribution in [0.2, 0.25) is 0 Å². The molecule has 0 aliphatic heterocycles. The van der Waals surface area contributed by atoms with E-state index in [1.807, 2.05) is 0 Å². The summed E-state index contributed by atoms with van der Waals surface area (Å²) in [5.41, 5.74) is -1.06. The Labute approximate surface area is 128 Å². The van der Waals surface area contributed by atoms with Crippen molar-refractivity contribution in [2.45, 2.75) is 45.3 Å². The predicted octanol–water partition coefficient (Wildman–Crippen LogP) is 0.248. The molecule has 2 atom stereocenters. The molecule has 1 saturated carbocycles. The number of aromatic nitrogens is 2. The normalized spacial score (nSPS) is 21.5. The third kappa shape index (κ3) is 4.84. The fourth-order valence-electron chi connectivity index (χ4n) is 2.71. The topological polar surface area (TPSA) is 93.2 Å². The van der Waals surface area contributed by atoms with E-state index in [1.54, 1.807) is 0 Å². The molecule has 1 aliphatic rings. The molecular weight excluding hydrogens is 286 g/mol. The summed E-state index contributed by atoms with van der Waals surface area (Å²) in [6.45, 7) is 2.97. The first-order chi connectivity index (χ1) is 10.6. The fourth-order valence-corrected chi connectivity index (χ4v) is 2.71. The predicted molar refractivity (Wildman–Crippen MR) is 81.7 cm³/mol. The van der Waals surface area contributed by atoms with E-state index in [2.05, 4.69) is 17.2 Å². The quantitative estimate of drug-likeness (QED) is 0.737. The van der Waals surface area contributed by atoms with Crippen molar-refractivity contribution in [3.63, 3.8) is 0 Å². The molecule has 0 radical (unpaired) electrons. The minimum Gasteiger partial charge on any atom is -0.376 e. The maximum absolute atomic E-state index is 11.7. The van der Waals surface area contributed by atoms with Gasteiger partial charge in [-0.05, 0) is 18.8 Å². The number of H-pyrrole nitrogens is 1. The number of amides is 1. The minimum absolute atomic E-state index is 0.116. The monoisotopic (exact) mass is 309 g/mol.